The van der Waals surface area contributed by atoms with Gasteiger partial charge in [-0.15, -0.1) is 0 Å². The first kappa shape index (κ1) is 13.0. The summed E-state index contributed by atoms with van der Waals surface area (Å²) in [6.07, 6.45) is 8.71. The van der Waals surface area contributed by atoms with Crippen LogP contribution in [0, 0.1) is 0 Å². The van der Waals surface area contributed by atoms with Gasteiger partial charge in [0.2, 0.25) is 0 Å². The summed E-state index contributed by atoms with van der Waals surface area (Å²) in [5.41, 5.74) is 1.41. The predicted molar refractivity (Wildman–Crippen MR) is 65.7 cm³/mol. The fraction of sp³-hybridized carbons (Fsp3) is 0.538. The van der Waals surface area contributed by atoms with Crippen molar-refractivity contribution >= 4 is 12.2 Å². The van der Waals surface area contributed by atoms with E-state index in [1.54, 1.807) is 0 Å². The van der Waals surface area contributed by atoms with E-state index in [2.05, 4.69) is 44.1 Å². The lowest BCUT2D eigenvalue weighted by Gasteiger charge is -1.86. The highest BCUT2D eigenvalue weighted by Gasteiger charge is 1.93. The number of aromatic amines is 1. The monoisotopic (exact) mass is 193 g/mol. The highest BCUT2D eigenvalue weighted by Crippen LogP contribution is 1.86. The molecule has 1 nitrogen and oxygen atoms in total. The number of nitrogens with one attached hydrogen (secondary N) is 1. The maximum atomic E-state index is 3.29. The highest BCUT2D eigenvalue weighted by molar-refractivity contribution is 5.32. The third-order valence-corrected chi connectivity index (χ3v) is 2.12. The minimum Gasteiger partial charge on any atom is -0.361 e. The van der Waals surface area contributed by atoms with E-state index in [1.807, 2.05) is 13.8 Å². The zero-order valence-electron chi connectivity index (χ0n) is 10.1. The third kappa shape index (κ3) is 3.06. The average Bonchev–Trinajstić information content (AvgIpc) is 2.63. The molecule has 0 spiro atoms. The van der Waals surface area contributed by atoms with Crippen molar-refractivity contribution in [2.45, 2.75) is 47.5 Å². The van der Waals surface area contributed by atoms with E-state index in [0.717, 1.165) is 12.8 Å². The Bertz CT molecular complexity index is 344. The van der Waals surface area contributed by atoms with Crippen molar-refractivity contribution in [2.24, 2.45) is 0 Å². The van der Waals surface area contributed by atoms with Crippen molar-refractivity contribution in [1.82, 2.24) is 4.98 Å². The number of hydrogen-bond acceptors (Lipinski definition) is 0. The van der Waals surface area contributed by atoms with E-state index >= 15 is 0 Å². The van der Waals surface area contributed by atoms with Gasteiger partial charge in [0.25, 0.3) is 0 Å². The molecule has 0 radical (unpaired) electrons. The summed E-state index contributed by atoms with van der Waals surface area (Å²) < 4.78 is 0. The van der Waals surface area contributed by atoms with Crippen molar-refractivity contribution in [3.05, 3.63) is 22.3 Å². The highest BCUT2D eigenvalue weighted by atomic mass is 14.7. The van der Waals surface area contributed by atoms with Gasteiger partial charge in [-0.25, -0.2) is 0 Å². The van der Waals surface area contributed by atoms with Crippen LogP contribution in [0.2, 0.25) is 0 Å². The summed E-state index contributed by atoms with van der Waals surface area (Å²) in [5, 5.41) is 2.65. The van der Waals surface area contributed by atoms with Gasteiger partial charge in [0, 0.05) is 11.5 Å². The topological polar surface area (TPSA) is 15.8 Å². The lowest BCUT2D eigenvalue weighted by molar-refractivity contribution is 1.13. The van der Waals surface area contributed by atoms with Gasteiger partial charge in [-0.2, -0.15) is 0 Å². The SMILES string of the molecule is C/C=c1/c(CC)c[nH]/c1=C/CC.CC. The van der Waals surface area contributed by atoms with Crippen molar-refractivity contribution in [2.75, 3.05) is 0 Å². The largest absolute Gasteiger partial charge is 0.361 e. The zero-order valence-corrected chi connectivity index (χ0v) is 10.1. The number of hydrogen-bond donors (Lipinski definition) is 1. The minimum atomic E-state index is 1.09. The van der Waals surface area contributed by atoms with Crippen LogP contribution in [0.15, 0.2) is 6.20 Å². The number of H-pyrrole nitrogens is 1. The molecule has 1 aromatic heterocycles. The van der Waals surface area contributed by atoms with Crippen molar-refractivity contribution < 1.29 is 0 Å². The summed E-state index contributed by atoms with van der Waals surface area (Å²) in [7, 11) is 0. The van der Waals surface area contributed by atoms with Crippen molar-refractivity contribution in [3.8, 4) is 0 Å². The van der Waals surface area contributed by atoms with Gasteiger partial charge in [0.05, 0.1) is 0 Å². The van der Waals surface area contributed by atoms with Crippen molar-refractivity contribution in [1.29, 1.82) is 0 Å². The lowest BCUT2D eigenvalue weighted by atomic mass is 10.2. The zero-order chi connectivity index (χ0) is 11.0. The Labute approximate surface area is 87.6 Å². The van der Waals surface area contributed by atoms with Crippen LogP contribution in [0.4, 0.5) is 0 Å². The Morgan fingerprint density at radius 2 is 1.93 bits per heavy atom. The lowest BCUT2D eigenvalue weighted by Crippen LogP contribution is -2.24. The minimum absolute atomic E-state index is 1.09. The molecule has 0 aliphatic heterocycles. The molecule has 1 N–H and O–H groups in total. The molecule has 0 aromatic carbocycles. The van der Waals surface area contributed by atoms with Crippen LogP contribution in [0.3, 0.4) is 0 Å². The Balaban J connectivity index is 0.000000791. The molecule has 1 heterocycles. The molecule has 0 saturated heterocycles. The molecule has 1 aromatic rings. The standard InChI is InChI=1S/C11H17N.C2H6/c1-4-7-11-10(6-3)9(5-2)8-12-11;1-2/h6-8,12H,4-5H2,1-3H3;1-2H3/b10-6-,11-7+;. The van der Waals surface area contributed by atoms with Crippen LogP contribution in [0.25, 0.3) is 12.2 Å². The molecule has 0 saturated carbocycles. The molecule has 0 unspecified atom stereocenters. The van der Waals surface area contributed by atoms with Crippen LogP contribution >= 0.6 is 0 Å². The molecule has 0 bridgehead atoms. The first-order valence-corrected chi connectivity index (χ1v) is 5.66. The van der Waals surface area contributed by atoms with E-state index in [1.165, 1.54) is 16.1 Å². The maximum absolute atomic E-state index is 3.29. The van der Waals surface area contributed by atoms with Gasteiger partial charge in [-0.3, -0.25) is 0 Å². The summed E-state index contributed by atoms with van der Waals surface area (Å²) in [6.45, 7) is 10.4. The number of rotatable bonds is 2. The molecular formula is C13H23N. The molecule has 0 aliphatic carbocycles. The molecule has 0 amide bonds. The third-order valence-electron chi connectivity index (χ3n) is 2.12. The fourth-order valence-corrected chi connectivity index (χ4v) is 1.50. The molecular weight excluding hydrogens is 170 g/mol. The normalized spacial score (nSPS) is 12.6. The number of aromatic nitrogens is 1. The van der Waals surface area contributed by atoms with Crippen LogP contribution < -0.4 is 10.6 Å². The van der Waals surface area contributed by atoms with E-state index in [-0.39, 0.29) is 0 Å². The van der Waals surface area contributed by atoms with Crippen LogP contribution in [0.1, 0.15) is 46.6 Å². The molecule has 0 aliphatic rings. The second-order valence-corrected chi connectivity index (χ2v) is 2.90. The fourth-order valence-electron chi connectivity index (χ4n) is 1.50. The molecule has 1 heteroatoms. The van der Waals surface area contributed by atoms with Gasteiger partial charge in [-0.1, -0.05) is 39.8 Å². The Hall–Kier alpha value is -0.980. The Kier molecular flexibility index (Phi) is 6.91. The van der Waals surface area contributed by atoms with Crippen LogP contribution in [-0.2, 0) is 6.42 Å². The second kappa shape index (κ2) is 7.43. The number of aryl methyl sites for hydroxylation is 1. The van der Waals surface area contributed by atoms with Crippen LogP contribution in [0.5, 0.6) is 0 Å². The Morgan fingerprint density at radius 3 is 2.36 bits per heavy atom. The van der Waals surface area contributed by atoms with Gasteiger partial charge < -0.3 is 4.98 Å². The van der Waals surface area contributed by atoms with Gasteiger partial charge in [0.15, 0.2) is 0 Å². The summed E-state index contributed by atoms with van der Waals surface area (Å²) in [4.78, 5) is 3.29. The molecule has 80 valence electrons. The summed E-state index contributed by atoms with van der Waals surface area (Å²) in [6, 6.07) is 0. The van der Waals surface area contributed by atoms with Crippen molar-refractivity contribution in [3.63, 3.8) is 0 Å². The first-order valence-electron chi connectivity index (χ1n) is 5.66. The van der Waals surface area contributed by atoms with E-state index < -0.39 is 0 Å². The Morgan fingerprint density at radius 1 is 1.29 bits per heavy atom. The maximum Gasteiger partial charge on any atom is 0.0412 e. The van der Waals surface area contributed by atoms with Crippen LogP contribution in [-0.4, -0.2) is 4.98 Å². The average molecular weight is 193 g/mol. The van der Waals surface area contributed by atoms with E-state index in [9.17, 15) is 0 Å². The summed E-state index contributed by atoms with van der Waals surface area (Å²) in [5.74, 6) is 0. The van der Waals surface area contributed by atoms with Gasteiger partial charge >= 0.3 is 0 Å². The molecule has 0 fully saturated rings. The molecule has 14 heavy (non-hydrogen) atoms. The second-order valence-electron chi connectivity index (χ2n) is 2.90. The van der Waals surface area contributed by atoms with Gasteiger partial charge in [0.1, 0.15) is 0 Å². The first-order chi connectivity index (χ1) is 6.83. The smallest absolute Gasteiger partial charge is 0.0412 e. The quantitative estimate of drug-likeness (QED) is 0.743. The molecule has 0 atom stereocenters. The van der Waals surface area contributed by atoms with E-state index in [4.69, 9.17) is 0 Å². The van der Waals surface area contributed by atoms with E-state index in [0.29, 0.717) is 0 Å². The van der Waals surface area contributed by atoms with Gasteiger partial charge in [-0.05, 0) is 30.5 Å². The summed E-state index contributed by atoms with van der Waals surface area (Å²) >= 11 is 0. The molecule has 1 rings (SSSR count). The predicted octanol–water partition coefficient (Wildman–Crippen LogP) is 2.59.